The van der Waals surface area contributed by atoms with Gasteiger partial charge in [-0.2, -0.15) is 0 Å². The van der Waals surface area contributed by atoms with Crippen LogP contribution in [0.2, 0.25) is 0 Å². The van der Waals surface area contributed by atoms with Gasteiger partial charge in [-0.05, 0) is 31.6 Å². The van der Waals surface area contributed by atoms with Gasteiger partial charge in [-0.1, -0.05) is 12.1 Å². The highest BCUT2D eigenvalue weighted by Gasteiger charge is 2.31. The van der Waals surface area contributed by atoms with E-state index >= 15 is 0 Å². The third kappa shape index (κ3) is 4.17. The van der Waals surface area contributed by atoms with Gasteiger partial charge in [-0.15, -0.1) is 5.10 Å². The first-order valence-corrected chi connectivity index (χ1v) is 7.17. The average Bonchev–Trinajstić information content (AvgIpc) is 3.15. The summed E-state index contributed by atoms with van der Waals surface area (Å²) in [6.07, 6.45) is 5.00. The largest absolute Gasteiger partial charge is 0.480 e. The fourth-order valence-electron chi connectivity index (χ4n) is 2.36. The summed E-state index contributed by atoms with van der Waals surface area (Å²) >= 11 is 0. The lowest BCUT2D eigenvalue weighted by Gasteiger charge is -2.12. The van der Waals surface area contributed by atoms with Gasteiger partial charge < -0.3 is 16.2 Å². The van der Waals surface area contributed by atoms with Crippen LogP contribution in [0.4, 0.5) is 4.79 Å². The molecule has 1 heterocycles. The van der Waals surface area contributed by atoms with E-state index in [1.54, 1.807) is 6.20 Å². The maximum atomic E-state index is 11.4. The standard InChI is InChI=1S/C13H21N5O3/c1-8(9-4-5-9)10-7-18(17-16-10)11(12(19)20)3-2-6-15-13(14)21/h7-9,11H,2-6H2,1H3,(H,19,20)(H3,14,15,21)/t8-,11-/m0/s1. The molecule has 1 aromatic heterocycles. The predicted molar refractivity (Wildman–Crippen MR) is 74.7 cm³/mol. The van der Waals surface area contributed by atoms with E-state index in [1.807, 2.05) is 0 Å². The van der Waals surface area contributed by atoms with Gasteiger partial charge >= 0.3 is 12.0 Å². The molecule has 1 fully saturated rings. The first-order chi connectivity index (χ1) is 9.99. The van der Waals surface area contributed by atoms with Gasteiger partial charge in [-0.3, -0.25) is 0 Å². The van der Waals surface area contributed by atoms with Crippen LogP contribution in [0.15, 0.2) is 6.20 Å². The molecular formula is C13H21N5O3. The predicted octanol–water partition coefficient (Wildman–Crippen LogP) is 0.866. The normalized spacial score (nSPS) is 17.2. The minimum atomic E-state index is -0.954. The van der Waals surface area contributed by atoms with Gasteiger partial charge in [0.15, 0.2) is 6.04 Å². The van der Waals surface area contributed by atoms with E-state index in [-0.39, 0.29) is 0 Å². The molecule has 21 heavy (non-hydrogen) atoms. The number of carbonyl (C=O) groups excluding carboxylic acids is 1. The van der Waals surface area contributed by atoms with Crippen molar-refractivity contribution in [2.24, 2.45) is 11.7 Å². The summed E-state index contributed by atoms with van der Waals surface area (Å²) in [5.41, 5.74) is 5.80. The average molecular weight is 295 g/mol. The van der Waals surface area contributed by atoms with Crippen molar-refractivity contribution in [2.45, 2.75) is 44.6 Å². The molecule has 0 aliphatic heterocycles. The molecule has 0 bridgehead atoms. The molecule has 116 valence electrons. The second kappa shape index (κ2) is 6.55. The highest BCUT2D eigenvalue weighted by Crippen LogP contribution is 2.41. The van der Waals surface area contributed by atoms with Crippen molar-refractivity contribution >= 4 is 12.0 Å². The molecule has 0 unspecified atom stereocenters. The molecule has 8 nitrogen and oxygen atoms in total. The molecule has 2 atom stereocenters. The van der Waals surface area contributed by atoms with Crippen LogP contribution in [0.3, 0.4) is 0 Å². The summed E-state index contributed by atoms with van der Waals surface area (Å²) in [4.78, 5) is 21.9. The van der Waals surface area contributed by atoms with Crippen molar-refractivity contribution in [3.63, 3.8) is 0 Å². The highest BCUT2D eigenvalue weighted by molar-refractivity contribution is 5.72. The summed E-state index contributed by atoms with van der Waals surface area (Å²) in [6, 6.07) is -1.38. The van der Waals surface area contributed by atoms with Crippen LogP contribution < -0.4 is 11.1 Å². The Morgan fingerprint density at radius 3 is 2.86 bits per heavy atom. The molecular weight excluding hydrogens is 274 g/mol. The second-order valence-corrected chi connectivity index (χ2v) is 5.54. The summed E-state index contributed by atoms with van der Waals surface area (Å²) in [5, 5.41) is 19.8. The first kappa shape index (κ1) is 15.3. The lowest BCUT2D eigenvalue weighted by atomic mass is 10.0. The molecule has 0 saturated heterocycles. The summed E-state index contributed by atoms with van der Waals surface area (Å²) < 4.78 is 1.40. The summed E-state index contributed by atoms with van der Waals surface area (Å²) in [6.45, 7) is 2.44. The van der Waals surface area contributed by atoms with E-state index in [1.165, 1.54) is 17.5 Å². The zero-order valence-corrected chi connectivity index (χ0v) is 12.0. The van der Waals surface area contributed by atoms with Crippen LogP contribution in [0.1, 0.15) is 50.3 Å². The zero-order chi connectivity index (χ0) is 15.4. The molecule has 8 heteroatoms. The van der Waals surface area contributed by atoms with E-state index in [0.717, 1.165) is 5.69 Å². The van der Waals surface area contributed by atoms with Crippen molar-refractivity contribution in [3.8, 4) is 0 Å². The number of carbonyl (C=O) groups is 2. The van der Waals surface area contributed by atoms with Crippen LogP contribution in [-0.2, 0) is 4.79 Å². The zero-order valence-electron chi connectivity index (χ0n) is 12.0. The Labute approximate surface area is 122 Å². The maximum absolute atomic E-state index is 11.4. The molecule has 0 spiro atoms. The van der Waals surface area contributed by atoms with Gasteiger partial charge in [0.1, 0.15) is 0 Å². The van der Waals surface area contributed by atoms with Gasteiger partial charge in [0, 0.05) is 18.7 Å². The number of hydrogen-bond acceptors (Lipinski definition) is 4. The molecule has 4 N–H and O–H groups in total. The number of nitrogens with zero attached hydrogens (tertiary/aromatic N) is 3. The van der Waals surface area contributed by atoms with Crippen molar-refractivity contribution in [2.75, 3.05) is 6.54 Å². The summed E-state index contributed by atoms with van der Waals surface area (Å²) in [7, 11) is 0. The number of aromatic nitrogens is 3. The topological polar surface area (TPSA) is 123 Å². The molecule has 2 rings (SSSR count). The SMILES string of the molecule is C[C@H](c1cn([C@@H](CCCNC(N)=O)C(=O)O)nn1)C1CC1. The van der Waals surface area contributed by atoms with Crippen LogP contribution in [0.25, 0.3) is 0 Å². The number of nitrogens with two attached hydrogens (primary N) is 1. The fourth-order valence-corrected chi connectivity index (χ4v) is 2.36. The Balaban J connectivity index is 1.94. The number of carboxylic acids is 1. The molecule has 2 amide bonds. The number of hydrogen-bond donors (Lipinski definition) is 3. The Kier molecular flexibility index (Phi) is 4.77. The van der Waals surface area contributed by atoms with Crippen molar-refractivity contribution in [1.29, 1.82) is 0 Å². The fraction of sp³-hybridized carbons (Fsp3) is 0.692. The molecule has 1 aliphatic rings. The van der Waals surface area contributed by atoms with Gasteiger partial charge in [-0.25, -0.2) is 14.3 Å². The number of carboxylic acid groups (broad SMARTS) is 1. The van der Waals surface area contributed by atoms with Gasteiger partial charge in [0.05, 0.1) is 5.69 Å². The Bertz CT molecular complexity index is 512. The van der Waals surface area contributed by atoms with Crippen LogP contribution in [0, 0.1) is 5.92 Å². The molecule has 0 radical (unpaired) electrons. The van der Waals surface area contributed by atoms with E-state index in [2.05, 4.69) is 22.6 Å². The van der Waals surface area contributed by atoms with Crippen LogP contribution in [-0.4, -0.2) is 38.6 Å². The molecule has 1 aromatic rings. The first-order valence-electron chi connectivity index (χ1n) is 7.17. The summed E-state index contributed by atoms with van der Waals surface area (Å²) in [5.74, 6) is 0.0208. The monoisotopic (exact) mass is 295 g/mol. The van der Waals surface area contributed by atoms with E-state index in [9.17, 15) is 14.7 Å². The number of rotatable bonds is 8. The van der Waals surface area contributed by atoms with Crippen molar-refractivity contribution < 1.29 is 14.7 Å². The number of nitrogens with one attached hydrogen (secondary N) is 1. The second-order valence-electron chi connectivity index (χ2n) is 5.54. The number of primary amides is 1. The molecule has 0 aromatic carbocycles. The van der Waals surface area contributed by atoms with E-state index in [0.29, 0.717) is 31.2 Å². The smallest absolute Gasteiger partial charge is 0.328 e. The minimum Gasteiger partial charge on any atom is -0.480 e. The van der Waals surface area contributed by atoms with Gasteiger partial charge in [0.2, 0.25) is 0 Å². The highest BCUT2D eigenvalue weighted by atomic mass is 16.4. The number of aliphatic carboxylic acids is 1. The number of amides is 2. The molecule has 1 saturated carbocycles. The lowest BCUT2D eigenvalue weighted by Crippen LogP contribution is -2.30. The quantitative estimate of drug-likeness (QED) is 0.614. The number of urea groups is 1. The lowest BCUT2D eigenvalue weighted by molar-refractivity contribution is -0.141. The Morgan fingerprint density at radius 2 is 2.29 bits per heavy atom. The maximum Gasteiger partial charge on any atom is 0.328 e. The third-order valence-corrected chi connectivity index (χ3v) is 3.88. The van der Waals surface area contributed by atoms with E-state index in [4.69, 9.17) is 5.73 Å². The van der Waals surface area contributed by atoms with Crippen molar-refractivity contribution in [1.82, 2.24) is 20.3 Å². The Morgan fingerprint density at radius 1 is 1.57 bits per heavy atom. The Hall–Kier alpha value is -2.12. The minimum absolute atomic E-state index is 0.324. The van der Waals surface area contributed by atoms with Gasteiger partial charge in [0.25, 0.3) is 0 Å². The van der Waals surface area contributed by atoms with E-state index < -0.39 is 18.0 Å². The third-order valence-electron chi connectivity index (χ3n) is 3.88. The van der Waals surface area contributed by atoms with Crippen LogP contribution >= 0.6 is 0 Å². The molecule has 1 aliphatic carbocycles. The van der Waals surface area contributed by atoms with Crippen LogP contribution in [0.5, 0.6) is 0 Å². The van der Waals surface area contributed by atoms with Crippen molar-refractivity contribution in [3.05, 3.63) is 11.9 Å².